The lowest BCUT2D eigenvalue weighted by atomic mass is 10.1. The second kappa shape index (κ2) is 21.0. The minimum absolute atomic E-state index is 0.00623. The van der Waals surface area contributed by atoms with Crippen LogP contribution in [0.15, 0.2) is 97.3 Å². The molecule has 2 saturated heterocycles. The van der Waals surface area contributed by atoms with Crippen molar-refractivity contribution >= 4 is 47.5 Å². The molecule has 0 spiro atoms. The van der Waals surface area contributed by atoms with Gasteiger partial charge in [-0.15, -0.1) is 0 Å². The molecular formula is C50H57N13O9. The van der Waals surface area contributed by atoms with E-state index in [1.54, 1.807) is 144 Å². The average Bonchev–Trinajstić information content (AvgIpc) is 4.14. The zero-order valence-electron chi connectivity index (χ0n) is 40.7. The number of imidazole rings is 2. The molecule has 72 heavy (non-hydrogen) atoms. The molecule has 2 fully saturated rings. The average molecular weight is 984 g/mol. The van der Waals surface area contributed by atoms with Gasteiger partial charge in [0.25, 0.3) is 17.7 Å². The number of hydrogen-bond donors (Lipinski definition) is 6. The van der Waals surface area contributed by atoms with Crippen LogP contribution in [0.2, 0.25) is 0 Å². The van der Waals surface area contributed by atoms with Crippen molar-refractivity contribution in [3.63, 3.8) is 0 Å². The molecule has 2 aromatic carbocycles. The monoisotopic (exact) mass is 983 g/mol. The van der Waals surface area contributed by atoms with Crippen molar-refractivity contribution in [3.8, 4) is 22.5 Å². The zero-order valence-corrected chi connectivity index (χ0v) is 40.7. The highest BCUT2D eigenvalue weighted by Crippen LogP contribution is 2.37. The van der Waals surface area contributed by atoms with Gasteiger partial charge in [0.1, 0.15) is 34.2 Å². The van der Waals surface area contributed by atoms with Gasteiger partial charge in [-0.25, -0.2) is 43.7 Å². The van der Waals surface area contributed by atoms with Gasteiger partial charge in [-0.2, -0.15) is 0 Å². The molecule has 4 aromatic heterocycles. The SMILES string of the molecule is CC(C)(C)OC(=O)N1CCC[C@H]1c1nc(-c2ccc(C(=O)Nc3ccccn3)cc2)c(C(=O)O)n1N.CC(C)(C)OC(=O)N1CCC[C@H]1c1nc(-c2ccc(C(=O)Nc3ccccn3)cc2)c(C(N)=O)n1N. The van der Waals surface area contributed by atoms with Crippen molar-refractivity contribution in [2.45, 2.75) is 90.5 Å². The summed E-state index contributed by atoms with van der Waals surface area (Å²) in [4.78, 5) is 95.5. The number of carbonyl (C=O) groups excluding carboxylic acids is 5. The van der Waals surface area contributed by atoms with E-state index in [0.29, 0.717) is 72.1 Å². The number of amides is 5. The van der Waals surface area contributed by atoms with Crippen molar-refractivity contribution in [1.82, 2.24) is 39.1 Å². The van der Waals surface area contributed by atoms with Crippen LogP contribution in [0.5, 0.6) is 0 Å². The van der Waals surface area contributed by atoms with Crippen LogP contribution in [0.4, 0.5) is 21.2 Å². The van der Waals surface area contributed by atoms with Crippen LogP contribution in [0.3, 0.4) is 0 Å². The van der Waals surface area contributed by atoms with Crippen LogP contribution in [-0.2, 0) is 9.47 Å². The first-order chi connectivity index (χ1) is 34.1. The highest BCUT2D eigenvalue weighted by Gasteiger charge is 2.39. The Kier molecular flexibility index (Phi) is 14.9. The van der Waals surface area contributed by atoms with Gasteiger partial charge >= 0.3 is 18.2 Å². The summed E-state index contributed by atoms with van der Waals surface area (Å²) >= 11 is 0. The van der Waals surface area contributed by atoms with Crippen LogP contribution in [-0.4, -0.2) is 104 Å². The van der Waals surface area contributed by atoms with E-state index in [1.165, 1.54) is 4.90 Å². The molecule has 2 aliphatic rings. The van der Waals surface area contributed by atoms with E-state index in [0.717, 1.165) is 15.8 Å². The number of aromatic carboxylic acids is 1. The first-order valence-corrected chi connectivity index (χ1v) is 23.0. The van der Waals surface area contributed by atoms with Gasteiger partial charge in [0, 0.05) is 47.7 Å². The normalized spacial score (nSPS) is 15.5. The lowest BCUT2D eigenvalue weighted by Crippen LogP contribution is -2.38. The third-order valence-corrected chi connectivity index (χ3v) is 11.3. The second-order valence-corrected chi connectivity index (χ2v) is 18.9. The fourth-order valence-electron chi connectivity index (χ4n) is 8.17. The van der Waals surface area contributed by atoms with Crippen LogP contribution < -0.4 is 28.1 Å². The minimum Gasteiger partial charge on any atom is -0.476 e. The summed E-state index contributed by atoms with van der Waals surface area (Å²) in [6.07, 6.45) is 4.79. The Balaban J connectivity index is 0.000000211. The molecule has 6 aromatic rings. The number of ether oxygens (including phenoxy) is 2. The van der Waals surface area contributed by atoms with Crippen LogP contribution in [0.1, 0.15) is 133 Å². The zero-order chi connectivity index (χ0) is 52.1. The van der Waals surface area contributed by atoms with Gasteiger partial charge in [-0.1, -0.05) is 36.4 Å². The second-order valence-electron chi connectivity index (χ2n) is 18.9. The summed E-state index contributed by atoms with van der Waals surface area (Å²) in [5.41, 5.74) is 6.29. The lowest BCUT2D eigenvalue weighted by molar-refractivity contribution is 0.0206. The maximum Gasteiger partial charge on any atom is 0.410 e. The quantitative estimate of drug-likeness (QED) is 0.0772. The number of carboxylic acid groups (broad SMARTS) is 1. The van der Waals surface area contributed by atoms with Gasteiger partial charge < -0.3 is 42.6 Å². The van der Waals surface area contributed by atoms with Crippen molar-refractivity contribution < 1.29 is 43.3 Å². The van der Waals surface area contributed by atoms with Gasteiger partial charge in [0.05, 0.1) is 12.1 Å². The summed E-state index contributed by atoms with van der Waals surface area (Å²) in [6, 6.07) is 22.3. The number of nitrogens with one attached hydrogen (secondary N) is 2. The van der Waals surface area contributed by atoms with E-state index in [2.05, 4.69) is 30.6 Å². The van der Waals surface area contributed by atoms with Crippen LogP contribution >= 0.6 is 0 Å². The molecule has 0 unspecified atom stereocenters. The highest BCUT2D eigenvalue weighted by molar-refractivity contribution is 6.05. The molecule has 2 atom stereocenters. The van der Waals surface area contributed by atoms with Crippen molar-refractivity contribution in [2.24, 2.45) is 5.73 Å². The largest absolute Gasteiger partial charge is 0.476 e. The molecule has 0 aliphatic carbocycles. The number of rotatable bonds is 10. The number of nitrogens with two attached hydrogens (primary N) is 3. The highest BCUT2D eigenvalue weighted by atomic mass is 16.6. The number of carbonyl (C=O) groups is 6. The number of likely N-dealkylation sites (tertiary alicyclic amines) is 2. The minimum atomic E-state index is -1.26. The molecule has 0 bridgehead atoms. The number of benzene rings is 2. The fraction of sp³-hybridized carbons (Fsp3) is 0.320. The molecule has 8 rings (SSSR count). The molecule has 0 radical (unpaired) electrons. The summed E-state index contributed by atoms with van der Waals surface area (Å²) in [5, 5.41) is 15.3. The summed E-state index contributed by atoms with van der Waals surface area (Å²) in [6.45, 7) is 11.6. The number of nitrogen functional groups attached to an aromatic ring is 2. The predicted octanol–water partition coefficient (Wildman–Crippen LogP) is 6.76. The number of primary amides is 1. The molecule has 376 valence electrons. The van der Waals surface area contributed by atoms with Gasteiger partial charge in [0.2, 0.25) is 0 Å². The smallest absolute Gasteiger partial charge is 0.410 e. The lowest BCUT2D eigenvalue weighted by Gasteiger charge is -2.28. The number of anilines is 2. The van der Waals surface area contributed by atoms with E-state index in [4.69, 9.17) is 26.9 Å². The molecule has 5 amide bonds. The Morgan fingerprint density at radius 1 is 0.597 bits per heavy atom. The molecule has 9 N–H and O–H groups in total. The van der Waals surface area contributed by atoms with Gasteiger partial charge in [0.15, 0.2) is 23.0 Å². The van der Waals surface area contributed by atoms with E-state index in [-0.39, 0.29) is 40.4 Å². The number of carboxylic acids is 1. The third-order valence-electron chi connectivity index (χ3n) is 11.3. The van der Waals surface area contributed by atoms with Crippen LogP contribution in [0, 0.1) is 0 Å². The predicted molar refractivity (Wildman–Crippen MR) is 265 cm³/mol. The number of nitrogens with zero attached hydrogens (tertiary/aromatic N) is 8. The molecule has 6 heterocycles. The Bertz CT molecular complexity index is 2760. The molecule has 2 aliphatic heterocycles. The standard InChI is InChI=1S/C25H29N7O4.C25H28N6O5/c1-25(2,3)36-24(35)31-14-6-7-17(31)22-30-19(20(21(26)33)32(22)27)15-9-11-16(12-10-15)23(34)29-18-8-4-5-13-28-18;1-25(2,3)36-24(35)30-14-6-7-17(30)21-29-19(20(23(33)34)31(21)26)15-9-11-16(12-10-15)22(32)28-18-8-4-5-13-27-18/h4-5,8-13,17H,6-7,14,27H2,1-3H3,(H2,26,33)(H,28,29,34);4-5,8-13,17H,6-7,14,26H2,1-3H3,(H,33,34)(H,27,28,32)/t2*17-/m00/s1. The van der Waals surface area contributed by atoms with E-state index in [9.17, 15) is 33.9 Å². The van der Waals surface area contributed by atoms with Gasteiger partial charge in [-0.3, -0.25) is 24.2 Å². The van der Waals surface area contributed by atoms with Crippen molar-refractivity contribution in [2.75, 3.05) is 35.4 Å². The van der Waals surface area contributed by atoms with Gasteiger partial charge in [-0.05, 0) is 116 Å². The first kappa shape index (κ1) is 51.0. The molecule has 0 saturated carbocycles. The van der Waals surface area contributed by atoms with Crippen molar-refractivity contribution in [1.29, 1.82) is 0 Å². The number of hydrogen-bond acceptors (Lipinski definition) is 14. The summed E-state index contributed by atoms with van der Waals surface area (Å²) in [5.74, 6) is 11.2. The van der Waals surface area contributed by atoms with Crippen molar-refractivity contribution in [3.05, 3.63) is 131 Å². The summed E-state index contributed by atoms with van der Waals surface area (Å²) in [7, 11) is 0. The third kappa shape index (κ3) is 11.8. The number of aromatic nitrogens is 6. The Hall–Kier alpha value is -8.82. The fourth-order valence-corrected chi connectivity index (χ4v) is 8.17. The Labute approximate surface area is 414 Å². The maximum atomic E-state index is 12.8. The Morgan fingerprint density at radius 3 is 1.33 bits per heavy atom. The number of pyridine rings is 2. The molecule has 22 heteroatoms. The van der Waals surface area contributed by atoms with E-state index >= 15 is 0 Å². The van der Waals surface area contributed by atoms with E-state index < -0.39 is 47.3 Å². The maximum absolute atomic E-state index is 12.8. The van der Waals surface area contributed by atoms with E-state index in [1.807, 2.05) is 0 Å². The topological polar surface area (TPSA) is 311 Å². The molecule has 22 nitrogen and oxygen atoms in total. The Morgan fingerprint density at radius 2 is 0.986 bits per heavy atom. The molecular weight excluding hydrogens is 927 g/mol. The van der Waals surface area contributed by atoms with Crippen LogP contribution in [0.25, 0.3) is 22.5 Å². The first-order valence-electron chi connectivity index (χ1n) is 23.0. The summed E-state index contributed by atoms with van der Waals surface area (Å²) < 4.78 is 13.2.